The summed E-state index contributed by atoms with van der Waals surface area (Å²) in [6, 6.07) is 15.2. The van der Waals surface area contributed by atoms with E-state index in [1.807, 2.05) is 70.3 Å². The lowest BCUT2D eigenvalue weighted by molar-refractivity contribution is -0.138. The second-order valence-corrected chi connectivity index (χ2v) is 10.7. The van der Waals surface area contributed by atoms with Crippen molar-refractivity contribution in [1.29, 1.82) is 0 Å². The van der Waals surface area contributed by atoms with E-state index in [2.05, 4.69) is 20.9 Å². The van der Waals surface area contributed by atoms with Gasteiger partial charge in [0.2, 0.25) is 5.91 Å². The molecule has 2 aliphatic rings. The normalized spacial score (nSPS) is 17.9. The summed E-state index contributed by atoms with van der Waals surface area (Å²) < 4.78 is 8.06. The highest BCUT2D eigenvalue weighted by molar-refractivity contribution is 9.10. The molecule has 3 aromatic rings. The highest BCUT2D eigenvalue weighted by Gasteiger charge is 2.33. The SMILES string of the molecule is CCOC(=O)C1=C(O)/C(=C/c2cn(CC(=O)N3CCCC3)c3ccc(Br)cc23)SC1=Nc1ccccc1. The second kappa shape index (κ2) is 11.0. The fraction of sp³-hybridized carbons (Fsp3) is 0.250. The maximum absolute atomic E-state index is 12.9. The van der Waals surface area contributed by atoms with Gasteiger partial charge in [-0.3, -0.25) is 4.79 Å². The Kier molecular flexibility index (Phi) is 7.53. The molecular formula is C28H26BrN3O4S. The average Bonchev–Trinajstić information content (AvgIpc) is 3.60. The molecule has 3 heterocycles. The molecule has 190 valence electrons. The maximum atomic E-state index is 12.9. The largest absolute Gasteiger partial charge is 0.506 e. The number of hydrogen-bond donors (Lipinski definition) is 1. The van der Waals surface area contributed by atoms with Gasteiger partial charge in [-0.25, -0.2) is 9.79 Å². The number of amides is 1. The van der Waals surface area contributed by atoms with Crippen molar-refractivity contribution in [2.75, 3.05) is 19.7 Å². The molecule has 2 aromatic carbocycles. The number of hydrogen-bond acceptors (Lipinski definition) is 6. The van der Waals surface area contributed by atoms with Crippen molar-refractivity contribution < 1.29 is 19.4 Å². The van der Waals surface area contributed by atoms with Gasteiger partial charge >= 0.3 is 5.97 Å². The smallest absolute Gasteiger partial charge is 0.344 e. The van der Waals surface area contributed by atoms with Crippen LogP contribution in [0, 0.1) is 0 Å². The van der Waals surface area contributed by atoms with E-state index in [9.17, 15) is 14.7 Å². The Bertz CT molecular complexity index is 1450. The Morgan fingerprint density at radius 1 is 1.16 bits per heavy atom. The molecule has 37 heavy (non-hydrogen) atoms. The molecule has 5 rings (SSSR count). The van der Waals surface area contributed by atoms with Gasteiger partial charge in [0, 0.05) is 40.2 Å². The van der Waals surface area contributed by atoms with E-state index in [1.165, 1.54) is 11.8 Å². The van der Waals surface area contributed by atoms with Crippen LogP contribution in [0.1, 0.15) is 25.3 Å². The van der Waals surface area contributed by atoms with E-state index in [0.717, 1.165) is 46.9 Å². The van der Waals surface area contributed by atoms with Gasteiger partial charge in [0.1, 0.15) is 22.9 Å². The zero-order valence-electron chi connectivity index (χ0n) is 20.3. The standard InChI is InChI=1S/C28H26BrN3O4S/c1-2-36-28(35)25-26(34)23(37-27(25)30-20-8-4-3-5-9-20)14-18-16-32(17-24(33)31-12-6-7-13-31)22-11-10-19(29)15-21(18)22/h3-5,8-11,14-16,34H,2,6-7,12-13,17H2,1H3/b23-14-,30-27?. The number of esters is 1. The molecular weight excluding hydrogens is 554 g/mol. The van der Waals surface area contributed by atoms with E-state index in [0.29, 0.717) is 15.6 Å². The number of para-hydroxylation sites is 1. The molecule has 0 radical (unpaired) electrons. The van der Waals surface area contributed by atoms with Gasteiger partial charge in [-0.2, -0.15) is 0 Å². The van der Waals surface area contributed by atoms with E-state index in [1.54, 1.807) is 6.92 Å². The first kappa shape index (κ1) is 25.4. The Morgan fingerprint density at radius 3 is 2.65 bits per heavy atom. The number of carbonyl (C=O) groups is 2. The van der Waals surface area contributed by atoms with Gasteiger partial charge in [-0.05, 0) is 56.2 Å². The highest BCUT2D eigenvalue weighted by Crippen LogP contribution is 2.41. The van der Waals surface area contributed by atoms with Crippen LogP contribution < -0.4 is 0 Å². The van der Waals surface area contributed by atoms with Crippen molar-refractivity contribution in [2.45, 2.75) is 26.3 Å². The molecule has 1 amide bonds. The van der Waals surface area contributed by atoms with Crippen LogP contribution in [0.5, 0.6) is 0 Å². The summed E-state index contributed by atoms with van der Waals surface area (Å²) in [4.78, 5) is 32.6. The summed E-state index contributed by atoms with van der Waals surface area (Å²) in [6.07, 6.45) is 5.84. The van der Waals surface area contributed by atoms with Gasteiger partial charge in [0.15, 0.2) is 0 Å². The number of fused-ring (bicyclic) bond motifs is 1. The van der Waals surface area contributed by atoms with Crippen molar-refractivity contribution in [1.82, 2.24) is 9.47 Å². The predicted molar refractivity (Wildman–Crippen MR) is 151 cm³/mol. The minimum atomic E-state index is -0.619. The van der Waals surface area contributed by atoms with E-state index < -0.39 is 5.97 Å². The van der Waals surface area contributed by atoms with Crippen molar-refractivity contribution in [3.05, 3.63) is 81.0 Å². The summed E-state index contributed by atoms with van der Waals surface area (Å²) >= 11 is 4.77. The highest BCUT2D eigenvalue weighted by atomic mass is 79.9. The monoisotopic (exact) mass is 579 g/mol. The lowest BCUT2D eigenvalue weighted by Crippen LogP contribution is -2.30. The third-order valence-electron chi connectivity index (χ3n) is 6.28. The van der Waals surface area contributed by atoms with Gasteiger partial charge in [0.25, 0.3) is 0 Å². The summed E-state index contributed by atoms with van der Waals surface area (Å²) in [5.41, 5.74) is 2.46. The van der Waals surface area contributed by atoms with Gasteiger partial charge < -0.3 is 19.3 Å². The van der Waals surface area contributed by atoms with Crippen molar-refractivity contribution in [3.8, 4) is 0 Å². The number of carbonyl (C=O) groups excluding carboxylic acids is 2. The number of thioether (sulfide) groups is 1. The van der Waals surface area contributed by atoms with Crippen LogP contribution in [0.4, 0.5) is 5.69 Å². The Labute approximate surface area is 227 Å². The summed E-state index contributed by atoms with van der Waals surface area (Å²) in [7, 11) is 0. The molecule has 9 heteroatoms. The van der Waals surface area contributed by atoms with Gasteiger partial charge in [-0.1, -0.05) is 45.9 Å². The topological polar surface area (TPSA) is 84.1 Å². The molecule has 2 aliphatic heterocycles. The molecule has 7 nitrogen and oxygen atoms in total. The minimum absolute atomic E-state index is 0.0519. The van der Waals surface area contributed by atoms with Crippen molar-refractivity contribution >= 4 is 67.3 Å². The van der Waals surface area contributed by atoms with Crippen molar-refractivity contribution in [3.63, 3.8) is 0 Å². The van der Waals surface area contributed by atoms with E-state index in [4.69, 9.17) is 4.74 Å². The number of aliphatic hydroxyl groups excluding tert-OH is 1. The number of nitrogens with zero attached hydrogens (tertiary/aromatic N) is 3. The van der Waals surface area contributed by atoms with Crippen LogP contribution in [-0.4, -0.2) is 51.2 Å². The van der Waals surface area contributed by atoms with Crippen LogP contribution in [0.2, 0.25) is 0 Å². The van der Waals surface area contributed by atoms with Crippen LogP contribution in [0.3, 0.4) is 0 Å². The lowest BCUT2D eigenvalue weighted by atomic mass is 10.1. The lowest BCUT2D eigenvalue weighted by Gasteiger charge is -2.16. The Balaban J connectivity index is 1.55. The summed E-state index contributed by atoms with van der Waals surface area (Å²) in [5.74, 6) is -0.689. The molecule has 0 bridgehead atoms. The van der Waals surface area contributed by atoms with Crippen LogP contribution in [-0.2, 0) is 20.9 Å². The molecule has 1 aromatic heterocycles. The molecule has 0 saturated carbocycles. The van der Waals surface area contributed by atoms with Gasteiger partial charge in [0.05, 0.1) is 17.2 Å². The Morgan fingerprint density at radius 2 is 1.92 bits per heavy atom. The molecule has 1 N–H and O–H groups in total. The zero-order valence-corrected chi connectivity index (χ0v) is 22.7. The second-order valence-electron chi connectivity index (χ2n) is 8.77. The number of likely N-dealkylation sites (tertiary alicyclic amines) is 1. The van der Waals surface area contributed by atoms with Crippen LogP contribution >= 0.6 is 27.7 Å². The summed E-state index contributed by atoms with van der Waals surface area (Å²) in [5, 5.41) is 12.4. The molecule has 1 fully saturated rings. The number of ether oxygens (including phenoxy) is 1. The predicted octanol–water partition coefficient (Wildman–Crippen LogP) is 6.22. The number of halogens is 1. The molecule has 0 unspecified atom stereocenters. The molecule has 1 saturated heterocycles. The first-order valence-corrected chi connectivity index (χ1v) is 13.8. The third-order valence-corrected chi connectivity index (χ3v) is 7.80. The van der Waals surface area contributed by atoms with Gasteiger partial charge in [-0.15, -0.1) is 0 Å². The first-order valence-electron chi connectivity index (χ1n) is 12.1. The number of aliphatic hydroxyl groups is 1. The zero-order chi connectivity index (χ0) is 25.9. The van der Waals surface area contributed by atoms with Crippen molar-refractivity contribution in [2.24, 2.45) is 4.99 Å². The fourth-order valence-electron chi connectivity index (χ4n) is 4.51. The molecule has 0 spiro atoms. The summed E-state index contributed by atoms with van der Waals surface area (Å²) in [6.45, 7) is 3.75. The number of rotatable bonds is 6. The molecule has 0 atom stereocenters. The minimum Gasteiger partial charge on any atom is -0.506 e. The molecule has 0 aliphatic carbocycles. The first-order chi connectivity index (χ1) is 17.9. The van der Waals surface area contributed by atoms with E-state index in [-0.39, 0.29) is 30.4 Å². The average molecular weight is 581 g/mol. The Hall–Kier alpha value is -3.30. The third kappa shape index (κ3) is 5.38. The maximum Gasteiger partial charge on any atom is 0.344 e. The van der Waals surface area contributed by atoms with E-state index >= 15 is 0 Å². The van der Waals surface area contributed by atoms with Crippen LogP contribution in [0.25, 0.3) is 17.0 Å². The van der Waals surface area contributed by atoms with Crippen LogP contribution in [0.15, 0.2) is 80.4 Å². The number of aliphatic imine (C=N–C) groups is 1. The number of benzene rings is 2. The fourth-order valence-corrected chi connectivity index (χ4v) is 5.89. The quantitative estimate of drug-likeness (QED) is 0.350. The number of aromatic nitrogens is 1.